The SMILES string of the molecule is Cc1ccoc1-c1[nH]nc(N)c1-c1ccc(Cl)c(Cl)c1. The van der Waals surface area contributed by atoms with Gasteiger partial charge in [0.05, 0.1) is 21.9 Å². The van der Waals surface area contributed by atoms with E-state index in [4.69, 9.17) is 33.4 Å². The smallest absolute Gasteiger partial charge is 0.155 e. The van der Waals surface area contributed by atoms with Crippen LogP contribution in [-0.4, -0.2) is 10.2 Å². The molecular weight excluding hydrogens is 297 g/mol. The molecule has 3 rings (SSSR count). The highest BCUT2D eigenvalue weighted by molar-refractivity contribution is 6.42. The number of hydrogen-bond acceptors (Lipinski definition) is 3. The summed E-state index contributed by atoms with van der Waals surface area (Å²) in [6.07, 6.45) is 1.63. The molecule has 102 valence electrons. The molecule has 6 heteroatoms. The molecule has 0 aliphatic carbocycles. The topological polar surface area (TPSA) is 67.8 Å². The van der Waals surface area contributed by atoms with Crippen molar-refractivity contribution in [3.05, 3.63) is 46.1 Å². The van der Waals surface area contributed by atoms with Crippen molar-refractivity contribution in [3.63, 3.8) is 0 Å². The zero-order chi connectivity index (χ0) is 14.3. The molecule has 1 aromatic carbocycles. The summed E-state index contributed by atoms with van der Waals surface area (Å²) in [6, 6.07) is 7.21. The molecule has 0 atom stereocenters. The number of furan rings is 1. The van der Waals surface area contributed by atoms with Crippen LogP contribution in [0.2, 0.25) is 10.0 Å². The van der Waals surface area contributed by atoms with Crippen LogP contribution < -0.4 is 5.73 Å². The number of halogens is 2. The second kappa shape index (κ2) is 4.89. The minimum Gasteiger partial charge on any atom is -0.462 e. The standard InChI is InChI=1S/C14H11Cl2N3O/c1-7-4-5-20-13(7)12-11(14(17)19-18-12)8-2-3-9(15)10(16)6-8/h2-6H,1H3,(H3,17,18,19). The van der Waals surface area contributed by atoms with Gasteiger partial charge in [0.1, 0.15) is 5.69 Å². The van der Waals surface area contributed by atoms with Crippen LogP contribution in [0.25, 0.3) is 22.6 Å². The number of H-pyrrole nitrogens is 1. The lowest BCUT2D eigenvalue weighted by Crippen LogP contribution is -1.89. The summed E-state index contributed by atoms with van der Waals surface area (Å²) < 4.78 is 5.49. The van der Waals surface area contributed by atoms with E-state index in [0.29, 0.717) is 21.6 Å². The number of aryl methyl sites for hydroxylation is 1. The van der Waals surface area contributed by atoms with E-state index < -0.39 is 0 Å². The van der Waals surface area contributed by atoms with E-state index in [1.165, 1.54) is 0 Å². The normalized spacial score (nSPS) is 10.9. The Balaban J connectivity index is 2.21. The molecule has 2 aromatic heterocycles. The molecule has 0 unspecified atom stereocenters. The first kappa shape index (κ1) is 13.1. The monoisotopic (exact) mass is 307 g/mol. The van der Waals surface area contributed by atoms with Gasteiger partial charge in [-0.15, -0.1) is 0 Å². The number of nitrogen functional groups attached to an aromatic ring is 1. The lowest BCUT2D eigenvalue weighted by molar-refractivity contribution is 0.578. The molecule has 0 saturated carbocycles. The maximum Gasteiger partial charge on any atom is 0.155 e. The van der Waals surface area contributed by atoms with E-state index in [2.05, 4.69) is 10.2 Å². The predicted octanol–water partition coefficient (Wildman–Crippen LogP) is 4.53. The molecular formula is C14H11Cl2N3O. The Labute approximate surface area is 125 Å². The summed E-state index contributed by atoms with van der Waals surface area (Å²) in [5.74, 6) is 1.09. The van der Waals surface area contributed by atoms with Crippen LogP contribution in [-0.2, 0) is 0 Å². The maximum absolute atomic E-state index is 6.06. The third-order valence-corrected chi connectivity index (χ3v) is 3.83. The van der Waals surface area contributed by atoms with E-state index >= 15 is 0 Å². The van der Waals surface area contributed by atoms with Gasteiger partial charge in [0.15, 0.2) is 11.6 Å². The van der Waals surface area contributed by atoms with Crippen molar-refractivity contribution in [2.75, 3.05) is 5.73 Å². The van der Waals surface area contributed by atoms with E-state index in [1.807, 2.05) is 19.1 Å². The van der Waals surface area contributed by atoms with Gasteiger partial charge >= 0.3 is 0 Å². The number of nitrogens with zero attached hydrogens (tertiary/aromatic N) is 1. The van der Waals surface area contributed by atoms with Gasteiger partial charge in [-0.05, 0) is 36.2 Å². The molecule has 3 N–H and O–H groups in total. The summed E-state index contributed by atoms with van der Waals surface area (Å²) in [6.45, 7) is 1.95. The third kappa shape index (κ3) is 2.07. The van der Waals surface area contributed by atoms with Gasteiger partial charge in [-0.2, -0.15) is 5.10 Å². The molecule has 0 bridgehead atoms. The van der Waals surface area contributed by atoms with Gasteiger partial charge in [-0.1, -0.05) is 29.3 Å². The quantitative estimate of drug-likeness (QED) is 0.730. The second-order valence-electron chi connectivity index (χ2n) is 4.42. The molecule has 0 saturated heterocycles. The molecule has 3 aromatic rings. The van der Waals surface area contributed by atoms with Crippen LogP contribution in [0.1, 0.15) is 5.56 Å². The summed E-state index contributed by atoms with van der Waals surface area (Å²) in [5, 5.41) is 7.92. The number of hydrogen-bond donors (Lipinski definition) is 2. The third-order valence-electron chi connectivity index (χ3n) is 3.09. The predicted molar refractivity (Wildman–Crippen MR) is 80.9 cm³/mol. The van der Waals surface area contributed by atoms with Crippen LogP contribution >= 0.6 is 23.2 Å². The number of rotatable bonds is 2. The first-order valence-electron chi connectivity index (χ1n) is 5.91. The minimum absolute atomic E-state index is 0.384. The van der Waals surface area contributed by atoms with Crippen LogP contribution in [0, 0.1) is 6.92 Å². The molecule has 20 heavy (non-hydrogen) atoms. The van der Waals surface area contributed by atoms with E-state index in [0.717, 1.165) is 22.4 Å². The van der Waals surface area contributed by atoms with Gasteiger partial charge < -0.3 is 10.2 Å². The molecule has 0 amide bonds. The van der Waals surface area contributed by atoms with Crippen molar-refractivity contribution in [3.8, 4) is 22.6 Å². The van der Waals surface area contributed by atoms with Crippen LogP contribution in [0.5, 0.6) is 0 Å². The largest absolute Gasteiger partial charge is 0.462 e. The van der Waals surface area contributed by atoms with E-state index in [-0.39, 0.29) is 0 Å². The summed E-state index contributed by atoms with van der Waals surface area (Å²) >= 11 is 12.0. The van der Waals surface area contributed by atoms with Crippen LogP contribution in [0.15, 0.2) is 34.9 Å². The van der Waals surface area contributed by atoms with Crippen molar-refractivity contribution in [1.82, 2.24) is 10.2 Å². The Morgan fingerprint density at radius 3 is 2.65 bits per heavy atom. The van der Waals surface area contributed by atoms with Crippen LogP contribution in [0.4, 0.5) is 5.82 Å². The Bertz CT molecular complexity index is 777. The number of anilines is 1. The number of aromatic amines is 1. The average molecular weight is 308 g/mol. The Morgan fingerprint density at radius 2 is 2.00 bits per heavy atom. The fraction of sp³-hybridized carbons (Fsp3) is 0.0714. The molecule has 0 aliphatic rings. The first-order valence-corrected chi connectivity index (χ1v) is 6.67. The molecule has 2 heterocycles. The minimum atomic E-state index is 0.384. The highest BCUT2D eigenvalue weighted by Gasteiger charge is 2.19. The number of nitrogens with one attached hydrogen (secondary N) is 1. The number of aromatic nitrogens is 2. The summed E-state index contributed by atoms with van der Waals surface area (Å²) in [4.78, 5) is 0. The molecule has 0 fully saturated rings. The fourth-order valence-corrected chi connectivity index (χ4v) is 2.39. The lowest BCUT2D eigenvalue weighted by Gasteiger charge is -2.05. The zero-order valence-electron chi connectivity index (χ0n) is 10.6. The fourth-order valence-electron chi connectivity index (χ4n) is 2.09. The summed E-state index contributed by atoms with van der Waals surface area (Å²) in [7, 11) is 0. The van der Waals surface area contributed by atoms with Crippen molar-refractivity contribution in [2.24, 2.45) is 0 Å². The molecule has 0 aliphatic heterocycles. The van der Waals surface area contributed by atoms with Crippen molar-refractivity contribution in [1.29, 1.82) is 0 Å². The van der Waals surface area contributed by atoms with E-state index in [9.17, 15) is 0 Å². The zero-order valence-corrected chi connectivity index (χ0v) is 12.1. The van der Waals surface area contributed by atoms with Crippen molar-refractivity contribution >= 4 is 29.0 Å². The first-order chi connectivity index (χ1) is 9.58. The highest BCUT2D eigenvalue weighted by Crippen LogP contribution is 2.38. The Hall–Kier alpha value is -1.91. The molecule has 0 spiro atoms. The van der Waals surface area contributed by atoms with Gasteiger partial charge in [-0.25, -0.2) is 0 Å². The molecule has 0 radical (unpaired) electrons. The van der Waals surface area contributed by atoms with Gasteiger partial charge in [-0.3, -0.25) is 5.10 Å². The summed E-state index contributed by atoms with van der Waals surface area (Å²) in [5.41, 5.74) is 9.26. The van der Waals surface area contributed by atoms with Crippen LogP contribution in [0.3, 0.4) is 0 Å². The number of benzene rings is 1. The maximum atomic E-state index is 6.06. The Morgan fingerprint density at radius 1 is 1.20 bits per heavy atom. The highest BCUT2D eigenvalue weighted by atomic mass is 35.5. The van der Waals surface area contributed by atoms with Gasteiger partial charge in [0.25, 0.3) is 0 Å². The average Bonchev–Trinajstić information content (AvgIpc) is 2.99. The van der Waals surface area contributed by atoms with Crippen molar-refractivity contribution < 1.29 is 4.42 Å². The Kier molecular flexibility index (Phi) is 3.20. The number of nitrogens with two attached hydrogens (primary N) is 1. The lowest BCUT2D eigenvalue weighted by atomic mass is 10.0. The van der Waals surface area contributed by atoms with Crippen molar-refractivity contribution in [2.45, 2.75) is 6.92 Å². The molecule has 4 nitrogen and oxygen atoms in total. The van der Waals surface area contributed by atoms with Gasteiger partial charge in [0.2, 0.25) is 0 Å². The van der Waals surface area contributed by atoms with E-state index in [1.54, 1.807) is 18.4 Å². The second-order valence-corrected chi connectivity index (χ2v) is 5.23. The van der Waals surface area contributed by atoms with Gasteiger partial charge in [0, 0.05) is 0 Å².